The van der Waals surface area contributed by atoms with Crippen LogP contribution in [-0.4, -0.2) is 36.4 Å². The Bertz CT molecular complexity index is 874. The number of methoxy groups -OCH3 is 2. The van der Waals surface area contributed by atoms with E-state index in [1.165, 1.54) is 36.9 Å². The van der Waals surface area contributed by atoms with E-state index in [1.807, 2.05) is 12.1 Å². The van der Waals surface area contributed by atoms with Crippen molar-refractivity contribution in [3.8, 4) is 11.5 Å². The van der Waals surface area contributed by atoms with Crippen molar-refractivity contribution in [2.45, 2.75) is 12.8 Å². The summed E-state index contributed by atoms with van der Waals surface area (Å²) in [7, 11) is 3.03. The van der Waals surface area contributed by atoms with Crippen LogP contribution in [0, 0.1) is 0 Å². The molecule has 8 heteroatoms. The number of benzene rings is 1. The van der Waals surface area contributed by atoms with Gasteiger partial charge in [0.05, 0.1) is 36.8 Å². The normalized spacial score (nSPS) is 11.1. The van der Waals surface area contributed by atoms with Gasteiger partial charge in [0.15, 0.2) is 0 Å². The highest BCUT2D eigenvalue weighted by atomic mass is 32.1. The average Bonchev–Trinajstić information content (AvgIpc) is 2.99. The van der Waals surface area contributed by atoms with Gasteiger partial charge in [-0.25, -0.2) is 0 Å². The lowest BCUT2D eigenvalue weighted by molar-refractivity contribution is -0.137. The summed E-state index contributed by atoms with van der Waals surface area (Å²) in [4.78, 5) is 23.4. The van der Waals surface area contributed by atoms with Crippen LogP contribution < -0.4 is 9.47 Å². The van der Waals surface area contributed by atoms with Crippen LogP contribution in [0.15, 0.2) is 12.1 Å². The summed E-state index contributed by atoms with van der Waals surface area (Å²) in [6.45, 7) is 0. The molecule has 2 N–H and O–H groups in total. The molecule has 6 nitrogen and oxygen atoms in total. The van der Waals surface area contributed by atoms with Crippen molar-refractivity contribution in [2.75, 3.05) is 14.2 Å². The summed E-state index contributed by atoms with van der Waals surface area (Å²) >= 11 is 2.72. The Kier molecular flexibility index (Phi) is 4.33. The third-order valence-electron chi connectivity index (χ3n) is 3.58. The smallest absolute Gasteiger partial charge is 0.308 e. The van der Waals surface area contributed by atoms with Crippen LogP contribution in [-0.2, 0) is 22.4 Å². The summed E-state index contributed by atoms with van der Waals surface area (Å²) < 4.78 is 12.6. The second kappa shape index (κ2) is 6.29. The Hall–Kier alpha value is -2.32. The van der Waals surface area contributed by atoms with Crippen LogP contribution in [0.4, 0.5) is 0 Å². The number of hydrogen-bond donors (Lipinski definition) is 2. The van der Waals surface area contributed by atoms with E-state index in [0.29, 0.717) is 21.3 Å². The van der Waals surface area contributed by atoms with E-state index in [2.05, 4.69) is 0 Å². The average molecular weight is 366 g/mol. The SMILES string of the molecule is COc1c(CC(=O)O)sc2cc3c(OC)c(CC(=O)O)sc3cc12. The molecule has 0 unspecified atom stereocenters. The fourth-order valence-corrected chi connectivity index (χ4v) is 5.07. The van der Waals surface area contributed by atoms with E-state index >= 15 is 0 Å². The lowest BCUT2D eigenvalue weighted by Gasteiger charge is -2.02. The van der Waals surface area contributed by atoms with Gasteiger partial charge in [0, 0.05) is 20.2 Å². The van der Waals surface area contributed by atoms with Crippen LogP contribution in [0.25, 0.3) is 20.2 Å². The standard InChI is InChI=1S/C16H14O6S2/c1-21-15-7-3-10-8(4-9(7)23-11(15)5-13(17)18)16(22-2)12(24-10)6-14(19)20/h3-4H,5-6H2,1-2H3,(H,17,18)(H,19,20). The molecule has 0 atom stereocenters. The monoisotopic (exact) mass is 366 g/mol. The highest BCUT2D eigenvalue weighted by molar-refractivity contribution is 7.21. The molecule has 2 aromatic heterocycles. The van der Waals surface area contributed by atoms with E-state index < -0.39 is 11.9 Å². The first-order valence-corrected chi connectivity index (χ1v) is 8.60. The van der Waals surface area contributed by atoms with E-state index in [4.69, 9.17) is 19.7 Å². The minimum absolute atomic E-state index is 0.0996. The first-order valence-electron chi connectivity index (χ1n) is 6.97. The van der Waals surface area contributed by atoms with Crippen molar-refractivity contribution in [3.05, 3.63) is 21.9 Å². The fourth-order valence-electron chi connectivity index (χ4n) is 2.70. The molecule has 0 aliphatic rings. The minimum atomic E-state index is -0.914. The van der Waals surface area contributed by atoms with Gasteiger partial charge in [-0.2, -0.15) is 0 Å². The Balaban J connectivity index is 2.24. The maximum atomic E-state index is 11.0. The van der Waals surface area contributed by atoms with Crippen molar-refractivity contribution in [1.29, 1.82) is 0 Å². The zero-order valence-electron chi connectivity index (χ0n) is 12.9. The maximum absolute atomic E-state index is 11.0. The first-order chi connectivity index (χ1) is 11.4. The van der Waals surface area contributed by atoms with Crippen molar-refractivity contribution in [2.24, 2.45) is 0 Å². The van der Waals surface area contributed by atoms with Gasteiger partial charge in [-0.15, -0.1) is 22.7 Å². The van der Waals surface area contributed by atoms with Crippen LogP contribution >= 0.6 is 22.7 Å². The van der Waals surface area contributed by atoms with Gasteiger partial charge in [-0.3, -0.25) is 9.59 Å². The lowest BCUT2D eigenvalue weighted by atomic mass is 10.1. The summed E-state index contributed by atoms with van der Waals surface area (Å²) in [5.41, 5.74) is 0. The largest absolute Gasteiger partial charge is 0.495 e. The quantitative estimate of drug-likeness (QED) is 0.695. The number of hydrogen-bond acceptors (Lipinski definition) is 6. The third kappa shape index (κ3) is 2.78. The Morgan fingerprint density at radius 2 is 1.25 bits per heavy atom. The van der Waals surface area contributed by atoms with E-state index in [9.17, 15) is 9.59 Å². The molecule has 3 aromatic rings. The van der Waals surface area contributed by atoms with Crippen molar-refractivity contribution in [3.63, 3.8) is 0 Å². The van der Waals surface area contributed by atoms with Gasteiger partial charge in [0.2, 0.25) is 0 Å². The van der Waals surface area contributed by atoms with Gasteiger partial charge >= 0.3 is 11.9 Å². The molecule has 24 heavy (non-hydrogen) atoms. The van der Waals surface area contributed by atoms with E-state index in [1.54, 1.807) is 0 Å². The maximum Gasteiger partial charge on any atom is 0.308 e. The van der Waals surface area contributed by atoms with Gasteiger partial charge in [-0.05, 0) is 12.1 Å². The first kappa shape index (κ1) is 16.5. The second-order valence-electron chi connectivity index (χ2n) is 5.10. The molecule has 0 aliphatic heterocycles. The van der Waals surface area contributed by atoms with Crippen LogP contribution in [0.1, 0.15) is 9.75 Å². The molecule has 126 valence electrons. The van der Waals surface area contributed by atoms with Gasteiger partial charge in [0.1, 0.15) is 11.5 Å². The highest BCUT2D eigenvalue weighted by Gasteiger charge is 2.20. The third-order valence-corrected chi connectivity index (χ3v) is 5.84. The molecule has 3 rings (SSSR count). The number of fused-ring (bicyclic) bond motifs is 2. The number of carbonyl (C=O) groups is 2. The predicted octanol–water partition coefficient (Wildman–Crippen LogP) is 3.39. The van der Waals surface area contributed by atoms with Crippen molar-refractivity contribution in [1.82, 2.24) is 0 Å². The molecule has 0 bridgehead atoms. The molecule has 0 saturated carbocycles. The van der Waals surface area contributed by atoms with Gasteiger partial charge < -0.3 is 19.7 Å². The molecular formula is C16H14O6S2. The zero-order valence-corrected chi connectivity index (χ0v) is 14.5. The second-order valence-corrected chi connectivity index (χ2v) is 7.38. The summed E-state index contributed by atoms with van der Waals surface area (Å²) in [6.07, 6.45) is -0.199. The van der Waals surface area contributed by atoms with Crippen molar-refractivity contribution < 1.29 is 29.3 Å². The minimum Gasteiger partial charge on any atom is -0.495 e. The number of rotatable bonds is 6. The Morgan fingerprint density at radius 3 is 1.54 bits per heavy atom. The van der Waals surface area contributed by atoms with Crippen LogP contribution in [0.3, 0.4) is 0 Å². The number of carboxylic acid groups (broad SMARTS) is 2. The van der Waals surface area contributed by atoms with Crippen molar-refractivity contribution >= 4 is 54.8 Å². The van der Waals surface area contributed by atoms with Gasteiger partial charge in [0.25, 0.3) is 0 Å². The lowest BCUT2D eigenvalue weighted by Crippen LogP contribution is -1.99. The molecule has 0 aliphatic carbocycles. The fraction of sp³-hybridized carbons (Fsp3) is 0.250. The molecule has 0 radical (unpaired) electrons. The van der Waals surface area contributed by atoms with E-state index in [-0.39, 0.29) is 12.8 Å². The van der Waals surface area contributed by atoms with Gasteiger partial charge in [-0.1, -0.05) is 0 Å². The number of aliphatic carboxylic acids is 2. The molecule has 1 aromatic carbocycles. The molecule has 0 fully saturated rings. The summed E-state index contributed by atoms with van der Waals surface area (Å²) in [6, 6.07) is 3.81. The predicted molar refractivity (Wildman–Crippen MR) is 93.0 cm³/mol. The Morgan fingerprint density at radius 1 is 0.875 bits per heavy atom. The number of ether oxygens (including phenoxy) is 2. The number of carboxylic acids is 2. The zero-order chi connectivity index (χ0) is 17.4. The van der Waals surface area contributed by atoms with E-state index in [0.717, 1.165) is 20.2 Å². The van der Waals surface area contributed by atoms with Crippen LogP contribution in [0.2, 0.25) is 0 Å². The molecule has 0 saturated heterocycles. The summed E-state index contributed by atoms with van der Waals surface area (Å²) in [5, 5.41) is 19.7. The molecule has 0 spiro atoms. The topological polar surface area (TPSA) is 93.1 Å². The number of thiophene rings is 2. The molecule has 0 amide bonds. The molecular weight excluding hydrogens is 352 g/mol. The summed E-state index contributed by atoms with van der Waals surface area (Å²) in [5.74, 6) is -0.705. The van der Waals surface area contributed by atoms with Crippen LogP contribution in [0.5, 0.6) is 11.5 Å². The highest BCUT2D eigenvalue weighted by Crippen LogP contribution is 2.45. The Labute approximate surface area is 144 Å². The molecule has 2 heterocycles.